The number of para-hydroxylation sites is 1. The molecule has 1 unspecified atom stereocenters. The van der Waals surface area contributed by atoms with Crippen molar-refractivity contribution in [2.75, 3.05) is 26.9 Å². The number of hydrogen-bond donors (Lipinski definition) is 2. The average molecular weight is 407 g/mol. The van der Waals surface area contributed by atoms with E-state index in [0.717, 1.165) is 23.3 Å². The first kappa shape index (κ1) is 20.0. The van der Waals surface area contributed by atoms with Crippen LogP contribution in [0.5, 0.6) is 11.5 Å². The van der Waals surface area contributed by atoms with Crippen LogP contribution < -0.4 is 4.74 Å². The van der Waals surface area contributed by atoms with Crippen molar-refractivity contribution in [3.63, 3.8) is 0 Å². The molecule has 0 radical (unpaired) electrons. The van der Waals surface area contributed by atoms with Crippen LogP contribution in [0.2, 0.25) is 0 Å². The van der Waals surface area contributed by atoms with E-state index >= 15 is 0 Å². The number of methoxy groups -OCH3 is 1. The number of aromatic nitrogens is 2. The fourth-order valence-electron chi connectivity index (χ4n) is 3.81. The lowest BCUT2D eigenvalue weighted by atomic mass is 9.95. The Bertz CT molecular complexity index is 1030. The Morgan fingerprint density at radius 1 is 1.13 bits per heavy atom. The standard InChI is InChI=1S/C23H25N3O4/c1-3-13-30-16-10-8-15(9-11-16)22-19-20(17-6-4-5-7-18(17)27)24-25-21(19)23(28)26(22)12-14-29-2/h4-11,22,27H,3,12-14H2,1-2H3,(H,24,25). The maximum Gasteiger partial charge on any atom is 0.273 e. The summed E-state index contributed by atoms with van der Waals surface area (Å²) in [5.74, 6) is 0.783. The first-order chi connectivity index (χ1) is 14.7. The third-order valence-corrected chi connectivity index (χ3v) is 5.23. The van der Waals surface area contributed by atoms with Gasteiger partial charge >= 0.3 is 0 Å². The molecule has 0 saturated heterocycles. The highest BCUT2D eigenvalue weighted by molar-refractivity contribution is 6.00. The number of carbonyl (C=O) groups is 1. The lowest BCUT2D eigenvalue weighted by Gasteiger charge is -2.26. The molecule has 0 bridgehead atoms. The molecule has 1 amide bonds. The van der Waals surface area contributed by atoms with Gasteiger partial charge in [-0.05, 0) is 36.2 Å². The molecule has 1 aliphatic rings. The molecule has 2 aromatic carbocycles. The number of nitrogens with one attached hydrogen (secondary N) is 1. The largest absolute Gasteiger partial charge is 0.507 e. The summed E-state index contributed by atoms with van der Waals surface area (Å²) in [7, 11) is 1.61. The molecule has 0 aliphatic carbocycles. The van der Waals surface area contributed by atoms with Gasteiger partial charge < -0.3 is 19.5 Å². The number of phenolic OH excluding ortho intramolecular Hbond substituents is 1. The van der Waals surface area contributed by atoms with Gasteiger partial charge in [-0.1, -0.05) is 31.2 Å². The number of ether oxygens (including phenoxy) is 2. The maximum absolute atomic E-state index is 13.1. The van der Waals surface area contributed by atoms with Crippen LogP contribution in [0.15, 0.2) is 48.5 Å². The fraction of sp³-hybridized carbons (Fsp3) is 0.304. The number of phenols is 1. The summed E-state index contributed by atoms with van der Waals surface area (Å²) in [4.78, 5) is 14.9. The molecule has 7 heteroatoms. The number of nitrogens with zero attached hydrogens (tertiary/aromatic N) is 2. The molecule has 0 saturated carbocycles. The second kappa shape index (κ2) is 8.59. The van der Waals surface area contributed by atoms with Crippen LogP contribution in [-0.4, -0.2) is 53.0 Å². The van der Waals surface area contributed by atoms with Gasteiger partial charge in [0, 0.05) is 24.8 Å². The van der Waals surface area contributed by atoms with E-state index in [1.165, 1.54) is 0 Å². The van der Waals surface area contributed by atoms with Crippen LogP contribution in [0, 0.1) is 0 Å². The molecule has 3 aromatic rings. The Labute approximate surface area is 175 Å². The highest BCUT2D eigenvalue weighted by Crippen LogP contribution is 2.44. The van der Waals surface area contributed by atoms with Gasteiger partial charge in [-0.2, -0.15) is 5.10 Å². The van der Waals surface area contributed by atoms with E-state index in [4.69, 9.17) is 9.47 Å². The number of aromatic hydroxyl groups is 1. The van der Waals surface area contributed by atoms with Crippen molar-refractivity contribution < 1.29 is 19.4 Å². The van der Waals surface area contributed by atoms with Gasteiger partial charge in [-0.25, -0.2) is 0 Å². The normalized spacial score (nSPS) is 15.5. The van der Waals surface area contributed by atoms with E-state index in [2.05, 4.69) is 17.1 Å². The Morgan fingerprint density at radius 2 is 1.90 bits per heavy atom. The third-order valence-electron chi connectivity index (χ3n) is 5.23. The van der Waals surface area contributed by atoms with Crippen molar-refractivity contribution in [2.45, 2.75) is 19.4 Å². The van der Waals surface area contributed by atoms with E-state index in [1.54, 1.807) is 30.2 Å². The summed E-state index contributed by atoms with van der Waals surface area (Å²) in [6.07, 6.45) is 0.936. The van der Waals surface area contributed by atoms with E-state index in [9.17, 15) is 9.90 Å². The highest BCUT2D eigenvalue weighted by Gasteiger charge is 2.42. The van der Waals surface area contributed by atoms with Crippen LogP contribution in [-0.2, 0) is 4.74 Å². The highest BCUT2D eigenvalue weighted by atomic mass is 16.5. The predicted octanol–water partition coefficient (Wildman–Crippen LogP) is 3.76. The molecule has 0 fully saturated rings. The monoisotopic (exact) mass is 407 g/mol. The minimum absolute atomic E-state index is 0.122. The van der Waals surface area contributed by atoms with E-state index < -0.39 is 0 Å². The minimum Gasteiger partial charge on any atom is -0.507 e. The second-order valence-electron chi connectivity index (χ2n) is 7.19. The number of amides is 1. The molecule has 1 aromatic heterocycles. The molecule has 0 spiro atoms. The lowest BCUT2D eigenvalue weighted by Crippen LogP contribution is -2.32. The number of H-pyrrole nitrogens is 1. The Hall–Kier alpha value is -3.32. The summed E-state index contributed by atoms with van der Waals surface area (Å²) in [6.45, 7) is 3.58. The zero-order chi connectivity index (χ0) is 21.1. The fourth-order valence-corrected chi connectivity index (χ4v) is 3.81. The van der Waals surface area contributed by atoms with E-state index in [0.29, 0.717) is 36.7 Å². The summed E-state index contributed by atoms with van der Waals surface area (Å²) >= 11 is 0. The summed E-state index contributed by atoms with van der Waals surface area (Å²) in [6, 6.07) is 14.5. The van der Waals surface area contributed by atoms with Crippen LogP contribution in [0.25, 0.3) is 11.3 Å². The van der Waals surface area contributed by atoms with Gasteiger partial charge in [0.1, 0.15) is 22.9 Å². The average Bonchev–Trinajstić information content (AvgIpc) is 3.30. The smallest absolute Gasteiger partial charge is 0.273 e. The molecule has 30 heavy (non-hydrogen) atoms. The predicted molar refractivity (Wildman–Crippen MR) is 113 cm³/mol. The van der Waals surface area contributed by atoms with Crippen LogP contribution in [0.4, 0.5) is 0 Å². The van der Waals surface area contributed by atoms with Crippen molar-refractivity contribution >= 4 is 5.91 Å². The Morgan fingerprint density at radius 3 is 2.60 bits per heavy atom. The van der Waals surface area contributed by atoms with Gasteiger partial charge in [0.2, 0.25) is 0 Å². The van der Waals surface area contributed by atoms with Crippen LogP contribution >= 0.6 is 0 Å². The van der Waals surface area contributed by atoms with Gasteiger partial charge in [0.25, 0.3) is 5.91 Å². The SMILES string of the molecule is CCCOc1ccc(C2c3c(-c4ccccc4O)n[nH]c3C(=O)N2CCOC)cc1. The molecular formula is C23H25N3O4. The lowest BCUT2D eigenvalue weighted by molar-refractivity contribution is 0.0677. The zero-order valence-electron chi connectivity index (χ0n) is 17.1. The third kappa shape index (κ3) is 3.52. The van der Waals surface area contributed by atoms with Gasteiger partial charge in [0.05, 0.1) is 19.3 Å². The minimum atomic E-state index is -0.337. The first-order valence-electron chi connectivity index (χ1n) is 10.0. The van der Waals surface area contributed by atoms with E-state index in [-0.39, 0.29) is 17.7 Å². The molecule has 7 nitrogen and oxygen atoms in total. The van der Waals surface area contributed by atoms with Crippen molar-refractivity contribution in [3.8, 4) is 22.8 Å². The second-order valence-corrected chi connectivity index (χ2v) is 7.19. The molecule has 1 atom stereocenters. The number of benzene rings is 2. The Kier molecular flexibility index (Phi) is 5.72. The summed E-state index contributed by atoms with van der Waals surface area (Å²) in [5.41, 5.74) is 3.32. The zero-order valence-corrected chi connectivity index (χ0v) is 17.1. The Balaban J connectivity index is 1.78. The molecule has 4 rings (SSSR count). The molecular weight excluding hydrogens is 382 g/mol. The quantitative estimate of drug-likeness (QED) is 0.594. The number of carbonyl (C=O) groups excluding carboxylic acids is 1. The van der Waals surface area contributed by atoms with Crippen molar-refractivity contribution in [2.24, 2.45) is 0 Å². The van der Waals surface area contributed by atoms with Gasteiger partial charge in [-0.15, -0.1) is 0 Å². The van der Waals surface area contributed by atoms with Crippen LogP contribution in [0.1, 0.15) is 41.0 Å². The van der Waals surface area contributed by atoms with E-state index in [1.807, 2.05) is 30.3 Å². The van der Waals surface area contributed by atoms with Crippen molar-refractivity contribution in [1.29, 1.82) is 0 Å². The van der Waals surface area contributed by atoms with Crippen LogP contribution in [0.3, 0.4) is 0 Å². The summed E-state index contributed by atoms with van der Waals surface area (Å²) < 4.78 is 10.9. The molecule has 1 aliphatic heterocycles. The number of fused-ring (bicyclic) bond motifs is 1. The molecule has 156 valence electrons. The molecule has 2 N–H and O–H groups in total. The summed E-state index contributed by atoms with van der Waals surface area (Å²) in [5, 5.41) is 17.6. The first-order valence-corrected chi connectivity index (χ1v) is 10.0. The number of aromatic amines is 1. The maximum atomic E-state index is 13.1. The van der Waals surface area contributed by atoms with Crippen molar-refractivity contribution in [3.05, 3.63) is 65.4 Å². The topological polar surface area (TPSA) is 87.7 Å². The number of rotatable bonds is 8. The van der Waals surface area contributed by atoms with Gasteiger partial charge in [0.15, 0.2) is 0 Å². The van der Waals surface area contributed by atoms with Gasteiger partial charge in [-0.3, -0.25) is 9.89 Å². The van der Waals surface area contributed by atoms with Crippen molar-refractivity contribution in [1.82, 2.24) is 15.1 Å². The molecule has 2 heterocycles. The number of hydrogen-bond acceptors (Lipinski definition) is 5.